The fourth-order valence-electron chi connectivity index (χ4n) is 1.85. The SMILES string of the molecule is Cc1ccc(C(CN)Nc2ccc(F)cc2)cc1Cl. The van der Waals surface area contributed by atoms with E-state index in [0.29, 0.717) is 6.54 Å². The molecule has 2 aromatic rings. The predicted molar refractivity (Wildman–Crippen MR) is 78.0 cm³/mol. The van der Waals surface area contributed by atoms with Crippen molar-refractivity contribution in [2.24, 2.45) is 5.73 Å². The van der Waals surface area contributed by atoms with Gasteiger partial charge in [0, 0.05) is 17.3 Å². The lowest BCUT2D eigenvalue weighted by Crippen LogP contribution is -2.20. The van der Waals surface area contributed by atoms with Gasteiger partial charge < -0.3 is 11.1 Å². The van der Waals surface area contributed by atoms with E-state index in [9.17, 15) is 4.39 Å². The molecule has 2 rings (SSSR count). The van der Waals surface area contributed by atoms with E-state index >= 15 is 0 Å². The van der Waals surface area contributed by atoms with Gasteiger partial charge in [-0.25, -0.2) is 4.39 Å². The first-order chi connectivity index (χ1) is 9.10. The monoisotopic (exact) mass is 278 g/mol. The van der Waals surface area contributed by atoms with Gasteiger partial charge in [0.25, 0.3) is 0 Å². The van der Waals surface area contributed by atoms with Gasteiger partial charge in [-0.3, -0.25) is 0 Å². The van der Waals surface area contributed by atoms with Gasteiger partial charge in [-0.15, -0.1) is 0 Å². The van der Waals surface area contributed by atoms with E-state index in [4.69, 9.17) is 17.3 Å². The molecule has 3 N–H and O–H groups in total. The van der Waals surface area contributed by atoms with Crippen LogP contribution in [0.15, 0.2) is 42.5 Å². The second kappa shape index (κ2) is 6.04. The molecule has 0 bridgehead atoms. The number of halogens is 2. The van der Waals surface area contributed by atoms with E-state index in [2.05, 4.69) is 5.32 Å². The molecule has 0 aliphatic carbocycles. The van der Waals surface area contributed by atoms with Crippen molar-refractivity contribution in [2.45, 2.75) is 13.0 Å². The molecule has 0 saturated carbocycles. The van der Waals surface area contributed by atoms with Crippen molar-refractivity contribution < 1.29 is 4.39 Å². The van der Waals surface area contributed by atoms with Crippen LogP contribution >= 0.6 is 11.6 Å². The summed E-state index contributed by atoms with van der Waals surface area (Å²) in [7, 11) is 0. The van der Waals surface area contributed by atoms with Crippen molar-refractivity contribution in [3.8, 4) is 0 Å². The predicted octanol–water partition coefficient (Wildman–Crippen LogP) is 3.90. The summed E-state index contributed by atoms with van der Waals surface area (Å²) in [5.74, 6) is -0.256. The van der Waals surface area contributed by atoms with Gasteiger partial charge in [-0.2, -0.15) is 0 Å². The summed E-state index contributed by atoms with van der Waals surface area (Å²) in [5.41, 5.74) is 8.67. The molecule has 0 radical (unpaired) electrons. The highest BCUT2D eigenvalue weighted by Crippen LogP contribution is 2.24. The third kappa shape index (κ3) is 3.46. The first-order valence-corrected chi connectivity index (χ1v) is 6.46. The molecule has 4 heteroatoms. The van der Waals surface area contributed by atoms with Crippen LogP contribution < -0.4 is 11.1 Å². The Labute approximate surface area is 117 Å². The zero-order valence-electron chi connectivity index (χ0n) is 10.7. The van der Waals surface area contributed by atoms with Gasteiger partial charge in [0.1, 0.15) is 5.82 Å². The largest absolute Gasteiger partial charge is 0.377 e. The Balaban J connectivity index is 2.19. The summed E-state index contributed by atoms with van der Waals surface area (Å²) in [6, 6.07) is 12.0. The lowest BCUT2D eigenvalue weighted by molar-refractivity contribution is 0.628. The number of aryl methyl sites for hydroxylation is 1. The normalized spacial score (nSPS) is 12.2. The van der Waals surface area contributed by atoms with Gasteiger partial charge in [0.2, 0.25) is 0 Å². The van der Waals surface area contributed by atoms with E-state index in [1.165, 1.54) is 12.1 Å². The topological polar surface area (TPSA) is 38.0 Å². The minimum absolute atomic E-state index is 0.0523. The summed E-state index contributed by atoms with van der Waals surface area (Å²) in [5, 5.41) is 3.99. The van der Waals surface area contributed by atoms with E-state index in [1.807, 2.05) is 25.1 Å². The number of nitrogens with one attached hydrogen (secondary N) is 1. The lowest BCUT2D eigenvalue weighted by atomic mass is 10.0. The van der Waals surface area contributed by atoms with Crippen LogP contribution in [0.4, 0.5) is 10.1 Å². The average molecular weight is 279 g/mol. The highest BCUT2D eigenvalue weighted by molar-refractivity contribution is 6.31. The van der Waals surface area contributed by atoms with Crippen LogP contribution in [0.25, 0.3) is 0 Å². The fourth-order valence-corrected chi connectivity index (χ4v) is 2.04. The van der Waals surface area contributed by atoms with Gasteiger partial charge >= 0.3 is 0 Å². The zero-order chi connectivity index (χ0) is 13.8. The van der Waals surface area contributed by atoms with Crippen LogP contribution in [0.3, 0.4) is 0 Å². The standard InChI is InChI=1S/C15H16ClFN2/c1-10-2-3-11(8-14(10)16)15(9-18)19-13-6-4-12(17)5-7-13/h2-8,15,19H,9,18H2,1H3. The van der Waals surface area contributed by atoms with Crippen molar-refractivity contribution in [3.63, 3.8) is 0 Å². The molecule has 0 amide bonds. The molecule has 0 fully saturated rings. The lowest BCUT2D eigenvalue weighted by Gasteiger charge is -2.19. The molecule has 0 aliphatic rings. The molecule has 0 heterocycles. The molecule has 0 saturated heterocycles. The van der Waals surface area contributed by atoms with E-state index in [0.717, 1.165) is 21.8 Å². The number of hydrogen-bond donors (Lipinski definition) is 2. The number of hydrogen-bond acceptors (Lipinski definition) is 2. The van der Waals surface area contributed by atoms with Gasteiger partial charge in [-0.05, 0) is 48.4 Å². The molecule has 2 nitrogen and oxygen atoms in total. The molecule has 0 aromatic heterocycles. The minimum atomic E-state index is -0.256. The first kappa shape index (κ1) is 13.8. The Hall–Kier alpha value is -1.58. The first-order valence-electron chi connectivity index (χ1n) is 6.08. The summed E-state index contributed by atoms with van der Waals surface area (Å²) in [6.45, 7) is 2.38. The zero-order valence-corrected chi connectivity index (χ0v) is 11.4. The van der Waals surface area contributed by atoms with Crippen molar-refractivity contribution >= 4 is 17.3 Å². The van der Waals surface area contributed by atoms with Crippen molar-refractivity contribution in [3.05, 3.63) is 64.4 Å². The molecule has 2 aromatic carbocycles. The Morgan fingerprint density at radius 1 is 1.21 bits per heavy atom. The highest BCUT2D eigenvalue weighted by atomic mass is 35.5. The number of anilines is 1. The third-order valence-corrected chi connectivity index (χ3v) is 3.43. The molecule has 1 unspecified atom stereocenters. The van der Waals surface area contributed by atoms with Gasteiger partial charge in [0.05, 0.1) is 6.04 Å². The summed E-state index contributed by atoms with van der Waals surface area (Å²) in [6.07, 6.45) is 0. The number of rotatable bonds is 4. The van der Waals surface area contributed by atoms with Crippen LogP contribution in [0, 0.1) is 12.7 Å². The molecule has 0 spiro atoms. The van der Waals surface area contributed by atoms with E-state index < -0.39 is 0 Å². The Morgan fingerprint density at radius 2 is 1.89 bits per heavy atom. The van der Waals surface area contributed by atoms with Crippen molar-refractivity contribution in [1.82, 2.24) is 0 Å². The van der Waals surface area contributed by atoms with Crippen LogP contribution in [0.1, 0.15) is 17.2 Å². The Morgan fingerprint density at radius 3 is 2.47 bits per heavy atom. The quantitative estimate of drug-likeness (QED) is 0.890. The van der Waals surface area contributed by atoms with E-state index in [1.54, 1.807) is 12.1 Å². The van der Waals surface area contributed by atoms with E-state index in [-0.39, 0.29) is 11.9 Å². The molecule has 0 aliphatic heterocycles. The highest BCUT2D eigenvalue weighted by Gasteiger charge is 2.10. The smallest absolute Gasteiger partial charge is 0.123 e. The van der Waals surface area contributed by atoms with Gasteiger partial charge in [0.15, 0.2) is 0 Å². The molecule has 19 heavy (non-hydrogen) atoms. The minimum Gasteiger partial charge on any atom is -0.377 e. The molecular formula is C15H16ClFN2. The molecule has 1 atom stereocenters. The molecular weight excluding hydrogens is 263 g/mol. The maximum absolute atomic E-state index is 12.9. The fraction of sp³-hybridized carbons (Fsp3) is 0.200. The maximum Gasteiger partial charge on any atom is 0.123 e. The maximum atomic E-state index is 12.9. The van der Waals surface area contributed by atoms with Crippen LogP contribution in [0.5, 0.6) is 0 Å². The van der Waals surface area contributed by atoms with Crippen LogP contribution in [0.2, 0.25) is 5.02 Å². The second-order valence-electron chi connectivity index (χ2n) is 4.45. The van der Waals surface area contributed by atoms with Gasteiger partial charge in [-0.1, -0.05) is 23.7 Å². The second-order valence-corrected chi connectivity index (χ2v) is 4.86. The summed E-state index contributed by atoms with van der Waals surface area (Å²) < 4.78 is 12.9. The van der Waals surface area contributed by atoms with Crippen molar-refractivity contribution in [2.75, 3.05) is 11.9 Å². The van der Waals surface area contributed by atoms with Crippen LogP contribution in [-0.4, -0.2) is 6.54 Å². The van der Waals surface area contributed by atoms with Crippen molar-refractivity contribution in [1.29, 1.82) is 0 Å². The average Bonchev–Trinajstić information content (AvgIpc) is 2.41. The Kier molecular flexibility index (Phi) is 4.40. The van der Waals surface area contributed by atoms with Crippen LogP contribution in [-0.2, 0) is 0 Å². The third-order valence-electron chi connectivity index (χ3n) is 3.02. The number of nitrogens with two attached hydrogens (primary N) is 1. The molecule has 100 valence electrons. The summed E-state index contributed by atoms with van der Waals surface area (Å²) in [4.78, 5) is 0. The summed E-state index contributed by atoms with van der Waals surface area (Å²) >= 11 is 6.12. The number of benzene rings is 2. The Bertz CT molecular complexity index is 555.